The minimum absolute atomic E-state index is 0.0180. The summed E-state index contributed by atoms with van der Waals surface area (Å²) >= 11 is 0. The molecule has 1 aliphatic carbocycles. The molecule has 1 saturated carbocycles. The van der Waals surface area contributed by atoms with Crippen LogP contribution in [-0.4, -0.2) is 34.7 Å². The van der Waals surface area contributed by atoms with E-state index >= 15 is 0 Å². The number of amides is 3. The van der Waals surface area contributed by atoms with E-state index in [1.807, 2.05) is 6.07 Å². The second-order valence-electron chi connectivity index (χ2n) is 7.87. The fourth-order valence-electron chi connectivity index (χ4n) is 4.63. The normalized spacial score (nSPS) is 22.8. The maximum atomic E-state index is 13.8. The first-order valence-electron chi connectivity index (χ1n) is 10.3. The molecule has 2 aromatic carbocycles. The van der Waals surface area contributed by atoms with Gasteiger partial charge in [0.25, 0.3) is 17.7 Å². The van der Waals surface area contributed by atoms with E-state index in [0.717, 1.165) is 25.7 Å². The molecule has 30 heavy (non-hydrogen) atoms. The van der Waals surface area contributed by atoms with Gasteiger partial charge in [-0.25, -0.2) is 4.39 Å². The lowest BCUT2D eigenvalue weighted by Gasteiger charge is -2.33. The zero-order valence-electron chi connectivity index (χ0n) is 16.5. The number of hydrazine groups is 1. The van der Waals surface area contributed by atoms with Crippen LogP contribution in [0.15, 0.2) is 54.6 Å². The predicted octanol–water partition coefficient (Wildman–Crippen LogP) is 3.06. The number of benzene rings is 2. The second-order valence-corrected chi connectivity index (χ2v) is 7.87. The van der Waals surface area contributed by atoms with Crippen LogP contribution in [0.2, 0.25) is 0 Å². The summed E-state index contributed by atoms with van der Waals surface area (Å²) < 4.78 is 13.8. The van der Waals surface area contributed by atoms with Gasteiger partial charge in [0.1, 0.15) is 11.9 Å². The number of hydrogen-bond donors (Lipinski definition) is 2. The Morgan fingerprint density at radius 1 is 0.900 bits per heavy atom. The van der Waals surface area contributed by atoms with Crippen molar-refractivity contribution in [1.29, 1.82) is 0 Å². The number of nitrogens with one attached hydrogen (secondary N) is 2. The molecule has 4 rings (SSSR count). The fourth-order valence-corrected chi connectivity index (χ4v) is 4.63. The van der Waals surface area contributed by atoms with Crippen molar-refractivity contribution in [3.8, 4) is 0 Å². The Morgan fingerprint density at radius 3 is 2.37 bits per heavy atom. The highest BCUT2D eigenvalue weighted by Gasteiger charge is 2.47. The molecule has 7 heteroatoms. The summed E-state index contributed by atoms with van der Waals surface area (Å²) in [7, 11) is 0. The lowest BCUT2D eigenvalue weighted by atomic mass is 9.84. The standard InChI is InChI=1S/C23H24FN3O3/c24-18-12-6-5-11-17(18)21(28)25-26-22(29)20-14-16-10-4-7-13-19(16)27(20)23(30)15-8-2-1-3-9-15/h1-3,5-6,8-9,11-12,16,19-20H,4,7,10,13-14H2,(H,25,28)(H,26,29). The zero-order valence-corrected chi connectivity index (χ0v) is 16.5. The molecule has 3 amide bonds. The number of fused-ring (bicyclic) bond motifs is 1. The summed E-state index contributed by atoms with van der Waals surface area (Å²) in [5.74, 6) is -1.77. The molecule has 0 spiro atoms. The molecule has 3 unspecified atom stereocenters. The number of carbonyl (C=O) groups excluding carboxylic acids is 3. The molecule has 3 atom stereocenters. The lowest BCUT2D eigenvalue weighted by Crippen LogP contribution is -2.53. The van der Waals surface area contributed by atoms with Gasteiger partial charge in [0.05, 0.1) is 5.56 Å². The largest absolute Gasteiger partial charge is 0.323 e. The summed E-state index contributed by atoms with van der Waals surface area (Å²) in [5.41, 5.74) is 5.06. The Morgan fingerprint density at radius 2 is 1.60 bits per heavy atom. The molecule has 2 N–H and O–H groups in total. The maximum absolute atomic E-state index is 13.8. The third-order valence-electron chi connectivity index (χ3n) is 6.06. The molecule has 0 aromatic heterocycles. The van der Waals surface area contributed by atoms with E-state index in [2.05, 4.69) is 10.9 Å². The van der Waals surface area contributed by atoms with Crippen LogP contribution in [0.25, 0.3) is 0 Å². The van der Waals surface area contributed by atoms with Crippen molar-refractivity contribution in [3.05, 3.63) is 71.5 Å². The van der Waals surface area contributed by atoms with Crippen LogP contribution in [0.5, 0.6) is 0 Å². The van der Waals surface area contributed by atoms with E-state index in [4.69, 9.17) is 0 Å². The second kappa shape index (κ2) is 8.65. The number of halogens is 1. The molecule has 1 aliphatic heterocycles. The SMILES string of the molecule is O=C(NNC(=O)C1CC2CCCCC2N1C(=O)c1ccccc1)c1ccccc1F. The van der Waals surface area contributed by atoms with Crippen molar-refractivity contribution in [2.45, 2.75) is 44.2 Å². The van der Waals surface area contributed by atoms with Crippen LogP contribution in [0, 0.1) is 11.7 Å². The molecular weight excluding hydrogens is 385 g/mol. The highest BCUT2D eigenvalue weighted by atomic mass is 19.1. The molecule has 0 bridgehead atoms. The molecule has 0 radical (unpaired) electrons. The van der Waals surface area contributed by atoms with Crippen molar-refractivity contribution in [2.75, 3.05) is 0 Å². The monoisotopic (exact) mass is 409 g/mol. The highest BCUT2D eigenvalue weighted by Crippen LogP contribution is 2.40. The molecule has 156 valence electrons. The Kier molecular flexibility index (Phi) is 5.79. The topological polar surface area (TPSA) is 78.5 Å². The average molecular weight is 409 g/mol. The smallest absolute Gasteiger partial charge is 0.272 e. The highest BCUT2D eigenvalue weighted by molar-refractivity contribution is 5.99. The Labute approximate surface area is 174 Å². The minimum atomic E-state index is -0.738. The van der Waals surface area contributed by atoms with E-state index in [0.29, 0.717) is 12.0 Å². The van der Waals surface area contributed by atoms with Crippen LogP contribution in [0.1, 0.15) is 52.8 Å². The quantitative estimate of drug-likeness (QED) is 0.765. The molecule has 1 saturated heterocycles. The van der Waals surface area contributed by atoms with Gasteiger partial charge in [-0.2, -0.15) is 0 Å². The fraction of sp³-hybridized carbons (Fsp3) is 0.348. The molecule has 2 fully saturated rings. The Hall–Kier alpha value is -3.22. The summed E-state index contributed by atoms with van der Waals surface area (Å²) in [6, 6.07) is 13.8. The van der Waals surface area contributed by atoms with E-state index < -0.39 is 23.7 Å². The number of nitrogens with zero attached hydrogens (tertiary/aromatic N) is 1. The van der Waals surface area contributed by atoms with Crippen molar-refractivity contribution < 1.29 is 18.8 Å². The number of hydrogen-bond acceptors (Lipinski definition) is 3. The van der Waals surface area contributed by atoms with Crippen molar-refractivity contribution in [3.63, 3.8) is 0 Å². The average Bonchev–Trinajstić information content (AvgIpc) is 3.17. The van der Waals surface area contributed by atoms with Gasteiger partial charge in [0.2, 0.25) is 0 Å². The van der Waals surface area contributed by atoms with Crippen LogP contribution >= 0.6 is 0 Å². The summed E-state index contributed by atoms with van der Waals surface area (Å²) in [4.78, 5) is 40.1. The summed E-state index contributed by atoms with van der Waals surface area (Å²) in [6.45, 7) is 0. The van der Waals surface area contributed by atoms with Gasteiger partial charge in [-0.1, -0.05) is 43.2 Å². The van der Waals surface area contributed by atoms with Crippen molar-refractivity contribution in [2.24, 2.45) is 5.92 Å². The molecule has 1 heterocycles. The minimum Gasteiger partial charge on any atom is -0.323 e. The van der Waals surface area contributed by atoms with Gasteiger partial charge in [-0.3, -0.25) is 25.2 Å². The third kappa shape index (κ3) is 3.92. The van der Waals surface area contributed by atoms with E-state index in [-0.39, 0.29) is 23.4 Å². The van der Waals surface area contributed by atoms with Gasteiger partial charge < -0.3 is 4.90 Å². The van der Waals surface area contributed by atoms with Gasteiger partial charge in [-0.15, -0.1) is 0 Å². The van der Waals surface area contributed by atoms with Crippen molar-refractivity contribution in [1.82, 2.24) is 15.8 Å². The number of carbonyl (C=O) groups is 3. The first-order chi connectivity index (χ1) is 14.6. The van der Waals surface area contributed by atoms with E-state index in [1.165, 1.54) is 18.2 Å². The number of rotatable bonds is 3. The van der Waals surface area contributed by atoms with E-state index in [1.54, 1.807) is 35.2 Å². The molecule has 6 nitrogen and oxygen atoms in total. The van der Waals surface area contributed by atoms with Crippen LogP contribution in [-0.2, 0) is 4.79 Å². The van der Waals surface area contributed by atoms with Crippen LogP contribution in [0.3, 0.4) is 0 Å². The van der Waals surface area contributed by atoms with Gasteiger partial charge in [-0.05, 0) is 49.4 Å². The predicted molar refractivity (Wildman–Crippen MR) is 109 cm³/mol. The first-order valence-corrected chi connectivity index (χ1v) is 10.3. The van der Waals surface area contributed by atoms with Gasteiger partial charge >= 0.3 is 0 Å². The van der Waals surface area contributed by atoms with E-state index in [9.17, 15) is 18.8 Å². The zero-order chi connectivity index (χ0) is 21.1. The maximum Gasteiger partial charge on any atom is 0.272 e. The first kappa shape index (κ1) is 20.1. The van der Waals surface area contributed by atoms with Crippen LogP contribution < -0.4 is 10.9 Å². The molecule has 2 aromatic rings. The Bertz CT molecular complexity index is 950. The molecule has 2 aliphatic rings. The lowest BCUT2D eigenvalue weighted by molar-refractivity contribution is -0.126. The summed E-state index contributed by atoms with van der Waals surface area (Å²) in [5, 5.41) is 0. The van der Waals surface area contributed by atoms with Crippen LogP contribution in [0.4, 0.5) is 4.39 Å². The molecular formula is C23H24FN3O3. The third-order valence-corrected chi connectivity index (χ3v) is 6.06. The Balaban J connectivity index is 1.50. The van der Waals surface area contributed by atoms with Gasteiger partial charge in [0.15, 0.2) is 0 Å². The summed E-state index contributed by atoms with van der Waals surface area (Å²) in [6.07, 6.45) is 4.53. The van der Waals surface area contributed by atoms with Gasteiger partial charge in [0, 0.05) is 11.6 Å². The van der Waals surface area contributed by atoms with Crippen molar-refractivity contribution >= 4 is 17.7 Å². The number of likely N-dealkylation sites (tertiary alicyclic amines) is 1.